The van der Waals surface area contributed by atoms with Crippen molar-refractivity contribution in [2.75, 3.05) is 20.8 Å². The van der Waals surface area contributed by atoms with Crippen LogP contribution < -0.4 is 20.7 Å². The topological polar surface area (TPSA) is 118 Å². The van der Waals surface area contributed by atoms with Crippen LogP contribution in [0.1, 0.15) is 34.9 Å². The summed E-state index contributed by atoms with van der Waals surface area (Å²) in [4.78, 5) is 26.8. The molecule has 3 atom stereocenters. The third kappa shape index (κ3) is 5.80. The first-order valence-corrected chi connectivity index (χ1v) is 14.1. The highest BCUT2D eigenvalue weighted by Gasteiger charge is 2.43. The molecule has 1 aliphatic heterocycles. The van der Waals surface area contributed by atoms with Gasteiger partial charge in [-0.1, -0.05) is 54.6 Å². The zero-order chi connectivity index (χ0) is 29.7. The highest BCUT2D eigenvalue weighted by Crippen LogP contribution is 2.43. The normalized spacial score (nSPS) is 18.7. The highest BCUT2D eigenvalue weighted by molar-refractivity contribution is 7.17. The van der Waals surface area contributed by atoms with Crippen molar-refractivity contribution in [1.29, 1.82) is 0 Å². The summed E-state index contributed by atoms with van der Waals surface area (Å²) in [5.41, 5.74) is 0.715. The molecule has 0 bridgehead atoms. The minimum Gasteiger partial charge on any atom is -0.497 e. The van der Waals surface area contributed by atoms with Crippen molar-refractivity contribution in [3.05, 3.63) is 128 Å². The van der Waals surface area contributed by atoms with Gasteiger partial charge in [0.1, 0.15) is 35.5 Å². The lowest BCUT2D eigenvalue weighted by molar-refractivity contribution is -0.0907. The summed E-state index contributed by atoms with van der Waals surface area (Å²) in [5, 5.41) is 0. The van der Waals surface area contributed by atoms with Gasteiger partial charge in [0.15, 0.2) is 0 Å². The van der Waals surface area contributed by atoms with E-state index in [2.05, 4.69) is 4.98 Å². The third-order valence-electron chi connectivity index (χ3n) is 7.45. The summed E-state index contributed by atoms with van der Waals surface area (Å²) in [6, 6.07) is 25.0. The molecule has 0 saturated carbocycles. The molecule has 0 aliphatic carbocycles. The van der Waals surface area contributed by atoms with Crippen LogP contribution in [0.3, 0.4) is 0 Å². The number of hydrogen-bond donors (Lipinski definition) is 1. The lowest BCUT2D eigenvalue weighted by atomic mass is 9.80. The molecule has 0 radical (unpaired) electrons. The van der Waals surface area contributed by atoms with Crippen molar-refractivity contribution in [3.63, 3.8) is 0 Å². The molecule has 5 rings (SSSR count). The third-order valence-corrected chi connectivity index (χ3v) is 7.81. The van der Waals surface area contributed by atoms with Crippen LogP contribution in [0.4, 0.5) is 0 Å². The smallest absolute Gasteiger partial charge is 0.330 e. The van der Waals surface area contributed by atoms with Gasteiger partial charge in [-0.2, -0.15) is 0 Å². The van der Waals surface area contributed by atoms with Gasteiger partial charge >= 0.3 is 14.4 Å². The Bertz CT molecular complexity index is 1570. The Kier molecular flexibility index (Phi) is 8.99. The Morgan fingerprint density at radius 1 is 0.905 bits per heavy atom. The number of aryl methyl sites for hydroxylation is 1. The van der Waals surface area contributed by atoms with Crippen LogP contribution in [0.2, 0.25) is 0 Å². The molecule has 1 aromatic heterocycles. The van der Waals surface area contributed by atoms with Crippen molar-refractivity contribution in [2.24, 2.45) is 0 Å². The van der Waals surface area contributed by atoms with E-state index in [0.29, 0.717) is 17.1 Å². The number of nitrogens with one attached hydrogen (secondary N) is 1. The van der Waals surface area contributed by atoms with E-state index < -0.39 is 44.0 Å². The number of benzene rings is 3. The zero-order valence-corrected chi connectivity index (χ0v) is 24.3. The quantitative estimate of drug-likeness (QED) is 0.197. The van der Waals surface area contributed by atoms with Crippen molar-refractivity contribution in [1.82, 2.24) is 9.55 Å². The summed E-state index contributed by atoms with van der Waals surface area (Å²) >= 11 is 0. The zero-order valence-electron chi connectivity index (χ0n) is 23.4. The number of H-pyrrole nitrogens is 1. The first kappa shape index (κ1) is 29.4. The number of methoxy groups -OCH3 is 2. The van der Waals surface area contributed by atoms with Gasteiger partial charge in [0.2, 0.25) is 0 Å². The van der Waals surface area contributed by atoms with Gasteiger partial charge in [-0.3, -0.25) is 18.9 Å². The van der Waals surface area contributed by atoms with Crippen LogP contribution in [-0.4, -0.2) is 42.6 Å². The van der Waals surface area contributed by atoms with Crippen LogP contribution >= 0.6 is 8.69 Å². The van der Waals surface area contributed by atoms with Crippen LogP contribution in [0.25, 0.3) is 0 Å². The standard InChI is InChI=1S/C31H31N2O8P/c1-20-18-33(30(35)32-29(20)34)28-17-26(41-42-36)27(40-28)19-39-31(21-7-5-4-6-8-21,22-9-13-24(37-2)14-10-22)23-11-15-25(38-3)16-12-23/h4-16,18,26-28H,17,19H2,1-3H3,(H,32,34,35)/t26-,27+,28+/m0/s1. The molecule has 42 heavy (non-hydrogen) atoms. The van der Waals surface area contributed by atoms with E-state index in [1.54, 1.807) is 21.1 Å². The van der Waals surface area contributed by atoms with Crippen molar-refractivity contribution in [3.8, 4) is 11.5 Å². The second-order valence-corrected chi connectivity index (χ2v) is 10.2. The largest absolute Gasteiger partial charge is 0.497 e. The van der Waals surface area contributed by atoms with Gasteiger partial charge in [-0.15, -0.1) is 0 Å². The lowest BCUT2D eigenvalue weighted by Crippen LogP contribution is -2.38. The Labute approximate surface area is 244 Å². The fourth-order valence-corrected chi connectivity index (χ4v) is 5.60. The Morgan fingerprint density at radius 3 is 2.02 bits per heavy atom. The molecule has 0 unspecified atom stereocenters. The average Bonchev–Trinajstić information content (AvgIpc) is 3.42. The van der Waals surface area contributed by atoms with E-state index in [4.69, 9.17) is 23.5 Å². The summed E-state index contributed by atoms with van der Waals surface area (Å²) in [7, 11) is 2.69. The van der Waals surface area contributed by atoms with Crippen molar-refractivity contribution in [2.45, 2.75) is 37.4 Å². The molecule has 1 N–H and O–H groups in total. The van der Waals surface area contributed by atoms with E-state index >= 15 is 0 Å². The number of aromatic amines is 1. The maximum absolute atomic E-state index is 12.6. The van der Waals surface area contributed by atoms with Gasteiger partial charge < -0.3 is 18.9 Å². The molecular weight excluding hydrogens is 559 g/mol. The van der Waals surface area contributed by atoms with E-state index in [-0.39, 0.29) is 13.0 Å². The maximum Gasteiger partial charge on any atom is 0.330 e. The Balaban J connectivity index is 1.57. The molecule has 3 aromatic carbocycles. The number of aromatic nitrogens is 2. The SMILES string of the molecule is COc1ccc(C(OC[C@H]2O[C@@H](n3cc(C)c(=O)[nH]c3=O)C[C@@H]2OP=O)(c2ccccc2)c2ccc(OC)cc2)cc1. The molecule has 1 aliphatic rings. The maximum atomic E-state index is 12.6. The molecule has 4 aromatic rings. The van der Waals surface area contributed by atoms with E-state index in [1.807, 2.05) is 78.9 Å². The molecule has 0 spiro atoms. The van der Waals surface area contributed by atoms with E-state index in [9.17, 15) is 14.2 Å². The van der Waals surface area contributed by atoms with Gasteiger partial charge in [-0.25, -0.2) is 9.36 Å². The number of rotatable bonds is 11. The minimum absolute atomic E-state index is 0.0146. The van der Waals surface area contributed by atoms with Crippen LogP contribution in [-0.2, 0) is 24.2 Å². The summed E-state index contributed by atoms with van der Waals surface area (Å²) in [6.07, 6.45) is -0.451. The second-order valence-electron chi connectivity index (χ2n) is 9.88. The molecule has 1 saturated heterocycles. The molecule has 10 nitrogen and oxygen atoms in total. The molecule has 11 heteroatoms. The molecule has 2 heterocycles. The summed E-state index contributed by atoms with van der Waals surface area (Å²) in [5.74, 6) is 1.39. The predicted octanol–water partition coefficient (Wildman–Crippen LogP) is 4.75. The Hall–Kier alpha value is -4.08. The predicted molar refractivity (Wildman–Crippen MR) is 155 cm³/mol. The van der Waals surface area contributed by atoms with Crippen LogP contribution in [0, 0.1) is 6.92 Å². The van der Waals surface area contributed by atoms with Gasteiger partial charge in [0, 0.05) is 18.2 Å². The molecule has 0 amide bonds. The molecular formula is C31H31N2O8P. The first-order chi connectivity index (χ1) is 20.4. The lowest BCUT2D eigenvalue weighted by Gasteiger charge is -2.37. The molecule has 218 valence electrons. The van der Waals surface area contributed by atoms with E-state index in [0.717, 1.165) is 16.7 Å². The van der Waals surface area contributed by atoms with Gasteiger partial charge in [0.25, 0.3) is 5.56 Å². The molecule has 1 fully saturated rings. The number of ether oxygens (including phenoxy) is 4. The highest BCUT2D eigenvalue weighted by atomic mass is 31.1. The first-order valence-electron chi connectivity index (χ1n) is 13.3. The van der Waals surface area contributed by atoms with Gasteiger partial charge in [0.05, 0.1) is 20.8 Å². The number of nitrogens with zero attached hydrogens (tertiary/aromatic N) is 1. The summed E-state index contributed by atoms with van der Waals surface area (Å²) < 4.78 is 42.4. The monoisotopic (exact) mass is 590 g/mol. The van der Waals surface area contributed by atoms with Crippen molar-refractivity contribution < 1.29 is 28.0 Å². The average molecular weight is 591 g/mol. The Morgan fingerprint density at radius 2 is 1.48 bits per heavy atom. The fraction of sp³-hybridized carbons (Fsp3) is 0.290. The minimum atomic E-state index is -1.10. The second kappa shape index (κ2) is 12.8. The van der Waals surface area contributed by atoms with Gasteiger partial charge in [-0.05, 0) is 47.9 Å². The van der Waals surface area contributed by atoms with E-state index in [1.165, 1.54) is 10.8 Å². The van der Waals surface area contributed by atoms with Crippen LogP contribution in [0.5, 0.6) is 11.5 Å². The van der Waals surface area contributed by atoms with Crippen molar-refractivity contribution >= 4 is 8.69 Å². The fourth-order valence-electron chi connectivity index (χ4n) is 5.27. The van der Waals surface area contributed by atoms with Crippen LogP contribution in [0.15, 0.2) is 94.6 Å². The summed E-state index contributed by atoms with van der Waals surface area (Å²) in [6.45, 7) is 1.62. The number of hydrogen-bond acceptors (Lipinski definition) is 8.